The Labute approximate surface area is 180 Å². The van der Waals surface area contributed by atoms with Crippen molar-refractivity contribution in [1.82, 2.24) is 10.2 Å². The number of ether oxygens (including phenoxy) is 1. The predicted octanol–water partition coefficient (Wildman–Crippen LogP) is 3.77. The normalized spacial score (nSPS) is 17.3. The second-order valence-electron chi connectivity index (χ2n) is 7.74. The highest BCUT2D eigenvalue weighted by molar-refractivity contribution is 9.10. The number of hydrogen-bond acceptors (Lipinski definition) is 4. The molecule has 1 aliphatic heterocycles. The van der Waals surface area contributed by atoms with Crippen molar-refractivity contribution in [3.05, 3.63) is 69.7 Å². The Morgan fingerprint density at radius 2 is 1.83 bits per heavy atom. The standard InChI is InChI=1S/C23H27BrN2O3/c1-16(2)14-26-11-12-29-19(15-26)13-25-23(28)21-6-4-3-5-20(21)22(27)17-7-9-18(24)10-8-17/h3-10,16,19H,11-15H2,1-2H3,(H,25,28)/t19-/m0/s1. The lowest BCUT2D eigenvalue weighted by molar-refractivity contribution is -0.0295. The fourth-order valence-electron chi connectivity index (χ4n) is 3.52. The van der Waals surface area contributed by atoms with E-state index >= 15 is 0 Å². The van der Waals surface area contributed by atoms with Crippen molar-refractivity contribution in [3.63, 3.8) is 0 Å². The highest BCUT2D eigenvalue weighted by Crippen LogP contribution is 2.17. The molecule has 154 valence electrons. The fourth-order valence-corrected chi connectivity index (χ4v) is 3.79. The van der Waals surface area contributed by atoms with Crippen LogP contribution in [0, 0.1) is 5.92 Å². The maximum absolute atomic E-state index is 12.9. The number of hydrogen-bond donors (Lipinski definition) is 1. The van der Waals surface area contributed by atoms with Crippen LogP contribution in [0.5, 0.6) is 0 Å². The quantitative estimate of drug-likeness (QED) is 0.641. The van der Waals surface area contributed by atoms with Crippen molar-refractivity contribution in [2.75, 3.05) is 32.8 Å². The number of benzene rings is 2. The summed E-state index contributed by atoms with van der Waals surface area (Å²) in [6.45, 7) is 8.25. The van der Waals surface area contributed by atoms with Crippen LogP contribution in [0.3, 0.4) is 0 Å². The van der Waals surface area contributed by atoms with Gasteiger partial charge in [0.2, 0.25) is 0 Å². The van der Waals surface area contributed by atoms with Gasteiger partial charge in [-0.15, -0.1) is 0 Å². The summed E-state index contributed by atoms with van der Waals surface area (Å²) >= 11 is 3.37. The number of carbonyl (C=O) groups excluding carboxylic acids is 2. The molecular formula is C23H27BrN2O3. The van der Waals surface area contributed by atoms with E-state index in [-0.39, 0.29) is 17.8 Å². The SMILES string of the molecule is CC(C)CN1CCO[C@@H](CNC(=O)c2ccccc2C(=O)c2ccc(Br)cc2)C1. The van der Waals surface area contributed by atoms with Crippen LogP contribution < -0.4 is 5.32 Å². The first-order chi connectivity index (χ1) is 13.9. The van der Waals surface area contributed by atoms with Crippen molar-refractivity contribution in [1.29, 1.82) is 0 Å². The van der Waals surface area contributed by atoms with Crippen LogP contribution in [0.4, 0.5) is 0 Å². The van der Waals surface area contributed by atoms with Crippen molar-refractivity contribution in [2.24, 2.45) is 5.92 Å². The smallest absolute Gasteiger partial charge is 0.252 e. The van der Waals surface area contributed by atoms with Crippen molar-refractivity contribution in [3.8, 4) is 0 Å². The van der Waals surface area contributed by atoms with Crippen molar-refractivity contribution < 1.29 is 14.3 Å². The topological polar surface area (TPSA) is 58.6 Å². The Balaban J connectivity index is 1.65. The third kappa shape index (κ3) is 5.98. The molecule has 0 spiro atoms. The lowest BCUT2D eigenvalue weighted by atomic mass is 9.98. The first-order valence-electron chi connectivity index (χ1n) is 9.95. The largest absolute Gasteiger partial charge is 0.374 e. The summed E-state index contributed by atoms with van der Waals surface area (Å²) in [5, 5.41) is 2.95. The zero-order chi connectivity index (χ0) is 20.8. The van der Waals surface area contributed by atoms with E-state index in [0.717, 1.165) is 24.1 Å². The van der Waals surface area contributed by atoms with Crippen LogP contribution in [0.15, 0.2) is 53.0 Å². The van der Waals surface area contributed by atoms with E-state index < -0.39 is 0 Å². The van der Waals surface area contributed by atoms with Gasteiger partial charge in [0.05, 0.1) is 18.3 Å². The Hall–Kier alpha value is -2.02. The summed E-state index contributed by atoms with van der Waals surface area (Å²) in [6, 6.07) is 14.1. The molecule has 3 rings (SSSR count). The molecule has 1 fully saturated rings. The molecule has 2 aromatic rings. The van der Waals surface area contributed by atoms with E-state index in [1.54, 1.807) is 36.4 Å². The summed E-state index contributed by atoms with van der Waals surface area (Å²) < 4.78 is 6.71. The van der Waals surface area contributed by atoms with E-state index in [2.05, 4.69) is 40.0 Å². The van der Waals surface area contributed by atoms with E-state index in [1.807, 2.05) is 12.1 Å². The van der Waals surface area contributed by atoms with Gasteiger partial charge < -0.3 is 10.1 Å². The molecule has 0 radical (unpaired) electrons. The third-order valence-electron chi connectivity index (χ3n) is 4.86. The molecule has 1 heterocycles. The van der Waals surface area contributed by atoms with Gasteiger partial charge in [-0.1, -0.05) is 48.0 Å². The number of nitrogens with zero attached hydrogens (tertiary/aromatic N) is 1. The van der Waals surface area contributed by atoms with Gasteiger partial charge in [-0.3, -0.25) is 14.5 Å². The highest BCUT2D eigenvalue weighted by atomic mass is 79.9. The molecule has 0 aliphatic carbocycles. The van der Waals surface area contributed by atoms with Crippen molar-refractivity contribution >= 4 is 27.6 Å². The Morgan fingerprint density at radius 1 is 1.14 bits per heavy atom. The van der Waals surface area contributed by atoms with Crippen LogP contribution in [-0.4, -0.2) is 55.5 Å². The zero-order valence-corrected chi connectivity index (χ0v) is 18.4. The van der Waals surface area contributed by atoms with Crippen LogP contribution >= 0.6 is 15.9 Å². The zero-order valence-electron chi connectivity index (χ0n) is 16.9. The second-order valence-corrected chi connectivity index (χ2v) is 8.65. The summed E-state index contributed by atoms with van der Waals surface area (Å²) in [5.74, 6) is 0.177. The van der Waals surface area contributed by atoms with E-state index in [4.69, 9.17) is 4.74 Å². The molecule has 0 unspecified atom stereocenters. The molecule has 1 aliphatic rings. The number of rotatable bonds is 7. The third-order valence-corrected chi connectivity index (χ3v) is 5.39. The van der Waals surface area contributed by atoms with Crippen LogP contribution in [0.25, 0.3) is 0 Å². The molecule has 5 nitrogen and oxygen atoms in total. The minimum absolute atomic E-state index is 0.0409. The molecule has 1 amide bonds. The maximum atomic E-state index is 12.9. The molecule has 6 heteroatoms. The average molecular weight is 459 g/mol. The van der Waals surface area contributed by atoms with Gasteiger partial charge in [0, 0.05) is 41.8 Å². The lowest BCUT2D eigenvalue weighted by Crippen LogP contribution is -2.48. The van der Waals surface area contributed by atoms with Gasteiger partial charge in [0.25, 0.3) is 5.91 Å². The van der Waals surface area contributed by atoms with Gasteiger partial charge in [0.15, 0.2) is 5.78 Å². The van der Waals surface area contributed by atoms with Crippen LogP contribution in [0.2, 0.25) is 0 Å². The number of morpholine rings is 1. The molecule has 1 atom stereocenters. The number of nitrogens with one attached hydrogen (secondary N) is 1. The second kappa shape index (κ2) is 10.1. The van der Waals surface area contributed by atoms with Gasteiger partial charge >= 0.3 is 0 Å². The Kier molecular flexibility index (Phi) is 7.58. The number of halogens is 1. The summed E-state index contributed by atoms with van der Waals surface area (Å²) in [6.07, 6.45) is -0.0409. The van der Waals surface area contributed by atoms with Gasteiger partial charge in [-0.2, -0.15) is 0 Å². The van der Waals surface area contributed by atoms with Crippen molar-refractivity contribution in [2.45, 2.75) is 20.0 Å². The van der Waals surface area contributed by atoms with E-state index in [9.17, 15) is 9.59 Å². The van der Waals surface area contributed by atoms with E-state index in [0.29, 0.717) is 35.8 Å². The molecule has 0 saturated carbocycles. The Morgan fingerprint density at radius 3 is 2.52 bits per heavy atom. The molecule has 1 N–H and O–H groups in total. The number of amides is 1. The van der Waals surface area contributed by atoms with E-state index in [1.165, 1.54) is 0 Å². The highest BCUT2D eigenvalue weighted by Gasteiger charge is 2.23. The molecule has 2 aromatic carbocycles. The Bertz CT molecular complexity index is 851. The maximum Gasteiger partial charge on any atom is 0.252 e. The first kappa shape index (κ1) is 21.7. The van der Waals surface area contributed by atoms with Crippen LogP contribution in [-0.2, 0) is 4.74 Å². The van der Waals surface area contributed by atoms with Gasteiger partial charge in [-0.25, -0.2) is 0 Å². The molecule has 0 aromatic heterocycles. The number of carbonyl (C=O) groups is 2. The van der Waals surface area contributed by atoms with Gasteiger partial charge in [-0.05, 0) is 36.2 Å². The predicted molar refractivity (Wildman–Crippen MR) is 117 cm³/mol. The lowest BCUT2D eigenvalue weighted by Gasteiger charge is -2.34. The first-order valence-corrected chi connectivity index (χ1v) is 10.7. The molecule has 0 bridgehead atoms. The number of ketones is 1. The molecule has 29 heavy (non-hydrogen) atoms. The minimum atomic E-state index is -0.254. The van der Waals surface area contributed by atoms with Gasteiger partial charge in [0.1, 0.15) is 0 Å². The molecule has 1 saturated heterocycles. The molecular weight excluding hydrogens is 432 g/mol. The monoisotopic (exact) mass is 458 g/mol. The van der Waals surface area contributed by atoms with Crippen LogP contribution in [0.1, 0.15) is 40.1 Å². The fraction of sp³-hybridized carbons (Fsp3) is 0.391. The summed E-state index contributed by atoms with van der Waals surface area (Å²) in [7, 11) is 0. The summed E-state index contributed by atoms with van der Waals surface area (Å²) in [5.41, 5.74) is 1.34. The average Bonchev–Trinajstić information content (AvgIpc) is 2.72. The minimum Gasteiger partial charge on any atom is -0.374 e. The summed E-state index contributed by atoms with van der Waals surface area (Å²) in [4.78, 5) is 28.1.